The van der Waals surface area contributed by atoms with E-state index in [-0.39, 0.29) is 12.3 Å². The van der Waals surface area contributed by atoms with Crippen LogP contribution in [0, 0.1) is 0 Å². The molecule has 0 fully saturated rings. The summed E-state index contributed by atoms with van der Waals surface area (Å²) in [7, 11) is 3.14. The van der Waals surface area contributed by atoms with Crippen LogP contribution in [0.4, 0.5) is 0 Å². The maximum absolute atomic E-state index is 11.4. The molecular weight excluding hydrogens is 306 g/mol. The molecule has 0 amide bonds. The molecule has 0 radical (unpaired) electrons. The number of hydrogen-bond acceptors (Lipinski definition) is 3. The molecule has 2 aromatic carbocycles. The molecule has 3 aromatic rings. The Balaban J connectivity index is 2.12. The second-order valence-corrected chi connectivity index (χ2v) is 5.55. The maximum Gasteiger partial charge on any atom is 0.304 e. The van der Waals surface area contributed by atoms with Gasteiger partial charge in [0.05, 0.1) is 20.6 Å². The predicted molar refractivity (Wildman–Crippen MR) is 91.9 cm³/mol. The quantitative estimate of drug-likeness (QED) is 0.723. The lowest BCUT2D eigenvalue weighted by Crippen LogP contribution is -2.08. The van der Waals surface area contributed by atoms with Gasteiger partial charge >= 0.3 is 5.97 Å². The number of methoxy groups -OCH3 is 2. The summed E-state index contributed by atoms with van der Waals surface area (Å²) in [5.41, 5.74) is 2.82. The smallest absolute Gasteiger partial charge is 0.304 e. The second-order valence-electron chi connectivity index (χ2n) is 5.55. The van der Waals surface area contributed by atoms with Crippen molar-refractivity contribution < 1.29 is 19.4 Å². The van der Waals surface area contributed by atoms with Crippen LogP contribution in [-0.4, -0.2) is 30.3 Å². The highest BCUT2D eigenvalue weighted by molar-refractivity contribution is 5.85. The highest BCUT2D eigenvalue weighted by Gasteiger charge is 2.22. The summed E-state index contributed by atoms with van der Waals surface area (Å²) in [6, 6.07) is 13.4. The lowest BCUT2D eigenvalue weighted by Gasteiger charge is -2.17. The molecule has 5 nitrogen and oxygen atoms in total. The molecule has 0 unspecified atom stereocenters. The molecular formula is C19H19NO4. The average molecular weight is 325 g/mol. The molecule has 0 saturated heterocycles. The van der Waals surface area contributed by atoms with Crippen molar-refractivity contribution in [1.82, 2.24) is 4.98 Å². The van der Waals surface area contributed by atoms with Crippen molar-refractivity contribution in [2.24, 2.45) is 0 Å². The van der Waals surface area contributed by atoms with E-state index in [1.807, 2.05) is 42.6 Å². The van der Waals surface area contributed by atoms with Gasteiger partial charge in [0.1, 0.15) is 0 Å². The predicted octanol–water partition coefficient (Wildman–Crippen LogP) is 3.79. The summed E-state index contributed by atoms with van der Waals surface area (Å²) < 4.78 is 10.6. The van der Waals surface area contributed by atoms with Crippen LogP contribution in [0.2, 0.25) is 0 Å². The number of H-pyrrole nitrogens is 1. The van der Waals surface area contributed by atoms with Gasteiger partial charge in [-0.05, 0) is 29.3 Å². The van der Waals surface area contributed by atoms with Crippen molar-refractivity contribution in [3.05, 3.63) is 59.8 Å². The molecule has 2 N–H and O–H groups in total. The summed E-state index contributed by atoms with van der Waals surface area (Å²) in [4.78, 5) is 14.6. The van der Waals surface area contributed by atoms with E-state index in [1.54, 1.807) is 20.3 Å². The maximum atomic E-state index is 11.4. The van der Waals surface area contributed by atoms with Crippen LogP contribution in [0.1, 0.15) is 23.5 Å². The van der Waals surface area contributed by atoms with Crippen molar-refractivity contribution in [3.8, 4) is 11.5 Å². The molecule has 1 atom stereocenters. The first kappa shape index (κ1) is 15.9. The number of hydrogen-bond donors (Lipinski definition) is 2. The normalized spacial score (nSPS) is 12.1. The Labute approximate surface area is 139 Å². The Bertz CT molecular complexity index is 869. The third-order valence-corrected chi connectivity index (χ3v) is 4.19. The Morgan fingerprint density at radius 3 is 2.58 bits per heavy atom. The second kappa shape index (κ2) is 6.66. The Morgan fingerprint density at radius 1 is 1.12 bits per heavy atom. The van der Waals surface area contributed by atoms with E-state index in [2.05, 4.69) is 4.98 Å². The van der Waals surface area contributed by atoms with Gasteiger partial charge in [-0.1, -0.05) is 24.3 Å². The van der Waals surface area contributed by atoms with Gasteiger partial charge in [0, 0.05) is 23.0 Å². The van der Waals surface area contributed by atoms with Gasteiger partial charge in [0.25, 0.3) is 0 Å². The third kappa shape index (κ3) is 2.93. The van der Waals surface area contributed by atoms with Crippen molar-refractivity contribution in [3.63, 3.8) is 0 Å². The number of carbonyl (C=O) groups is 1. The molecule has 0 aliphatic carbocycles. The number of carboxylic acid groups (broad SMARTS) is 1. The molecule has 0 spiro atoms. The zero-order valence-electron chi connectivity index (χ0n) is 13.6. The summed E-state index contributed by atoms with van der Waals surface area (Å²) in [5.74, 6) is 0.0815. The first-order valence-corrected chi connectivity index (χ1v) is 7.63. The largest absolute Gasteiger partial charge is 0.493 e. The molecule has 1 aromatic heterocycles. The number of benzene rings is 2. The number of para-hydroxylation sites is 1. The van der Waals surface area contributed by atoms with Gasteiger partial charge in [-0.3, -0.25) is 4.79 Å². The summed E-state index contributed by atoms with van der Waals surface area (Å²) in [6.07, 6.45) is 1.88. The monoisotopic (exact) mass is 325 g/mol. The average Bonchev–Trinajstić information content (AvgIpc) is 3.02. The van der Waals surface area contributed by atoms with Gasteiger partial charge in [0.15, 0.2) is 11.5 Å². The van der Waals surface area contributed by atoms with E-state index in [9.17, 15) is 9.90 Å². The zero-order chi connectivity index (χ0) is 17.1. The van der Waals surface area contributed by atoms with Gasteiger partial charge in [-0.15, -0.1) is 0 Å². The zero-order valence-corrected chi connectivity index (χ0v) is 13.6. The van der Waals surface area contributed by atoms with E-state index < -0.39 is 5.97 Å². The van der Waals surface area contributed by atoms with Crippen molar-refractivity contribution in [1.29, 1.82) is 0 Å². The Hall–Kier alpha value is -2.95. The van der Waals surface area contributed by atoms with Gasteiger partial charge in [-0.25, -0.2) is 0 Å². The number of aromatic amines is 1. The minimum atomic E-state index is -0.847. The van der Waals surface area contributed by atoms with Crippen LogP contribution in [-0.2, 0) is 4.79 Å². The lowest BCUT2D eigenvalue weighted by molar-refractivity contribution is -0.137. The number of carboxylic acids is 1. The molecule has 24 heavy (non-hydrogen) atoms. The molecule has 0 aliphatic rings. The van der Waals surface area contributed by atoms with E-state index in [0.717, 1.165) is 22.0 Å². The molecule has 3 rings (SSSR count). The first-order valence-electron chi connectivity index (χ1n) is 7.63. The van der Waals surface area contributed by atoms with Crippen LogP contribution in [0.25, 0.3) is 10.9 Å². The number of nitrogens with one attached hydrogen (secondary N) is 1. The van der Waals surface area contributed by atoms with Crippen molar-refractivity contribution >= 4 is 16.9 Å². The van der Waals surface area contributed by atoms with Gasteiger partial charge in [-0.2, -0.15) is 0 Å². The molecule has 0 saturated carbocycles. The van der Waals surface area contributed by atoms with Crippen LogP contribution >= 0.6 is 0 Å². The van der Waals surface area contributed by atoms with E-state index in [4.69, 9.17) is 9.47 Å². The molecule has 0 aliphatic heterocycles. The fourth-order valence-corrected chi connectivity index (χ4v) is 3.03. The van der Waals surface area contributed by atoms with E-state index >= 15 is 0 Å². The summed E-state index contributed by atoms with van der Waals surface area (Å²) in [6.45, 7) is 0. The number of fused-ring (bicyclic) bond motifs is 1. The minimum absolute atomic E-state index is 0.00265. The molecule has 0 bridgehead atoms. The van der Waals surface area contributed by atoms with Crippen LogP contribution in [0.5, 0.6) is 11.5 Å². The summed E-state index contributed by atoms with van der Waals surface area (Å²) >= 11 is 0. The first-order chi connectivity index (χ1) is 11.6. The highest BCUT2D eigenvalue weighted by atomic mass is 16.5. The minimum Gasteiger partial charge on any atom is -0.493 e. The number of ether oxygens (including phenoxy) is 2. The number of rotatable bonds is 6. The topological polar surface area (TPSA) is 71.5 Å². The van der Waals surface area contributed by atoms with Crippen molar-refractivity contribution in [2.45, 2.75) is 12.3 Å². The van der Waals surface area contributed by atoms with Gasteiger partial charge in [0.2, 0.25) is 0 Å². The fraction of sp³-hybridized carbons (Fsp3) is 0.211. The highest BCUT2D eigenvalue weighted by Crippen LogP contribution is 2.37. The van der Waals surface area contributed by atoms with Crippen LogP contribution < -0.4 is 9.47 Å². The number of aromatic nitrogens is 1. The van der Waals surface area contributed by atoms with E-state index in [1.165, 1.54) is 0 Å². The summed E-state index contributed by atoms with van der Waals surface area (Å²) in [5, 5.41) is 10.4. The lowest BCUT2D eigenvalue weighted by atomic mass is 9.88. The molecule has 124 valence electrons. The van der Waals surface area contributed by atoms with Crippen LogP contribution in [0.3, 0.4) is 0 Å². The SMILES string of the molecule is COc1ccc([C@@H](CC(=O)O)c2c[nH]c3ccccc23)cc1OC. The molecule has 5 heteroatoms. The number of aliphatic carboxylic acids is 1. The Morgan fingerprint density at radius 2 is 1.88 bits per heavy atom. The molecule has 1 heterocycles. The third-order valence-electron chi connectivity index (χ3n) is 4.19. The fourth-order valence-electron chi connectivity index (χ4n) is 3.03. The Kier molecular flexibility index (Phi) is 4.42. The van der Waals surface area contributed by atoms with Crippen molar-refractivity contribution in [2.75, 3.05) is 14.2 Å². The standard InChI is InChI=1S/C19H19NO4/c1-23-17-8-7-12(9-18(17)24-2)14(10-19(21)22)15-11-20-16-6-4-3-5-13(15)16/h3-9,11,14,20H,10H2,1-2H3,(H,21,22)/t14-/m1/s1. The van der Waals surface area contributed by atoms with Crippen LogP contribution in [0.15, 0.2) is 48.7 Å². The van der Waals surface area contributed by atoms with E-state index in [0.29, 0.717) is 11.5 Å². The van der Waals surface area contributed by atoms with Gasteiger partial charge < -0.3 is 19.6 Å².